The number of furan rings is 1. The number of halogens is 1. The number of benzene rings is 3. The van der Waals surface area contributed by atoms with Crippen LogP contribution in [0.4, 0.5) is 10.1 Å². The smallest absolute Gasteiger partial charge is 0.232 e. The van der Waals surface area contributed by atoms with Gasteiger partial charge in [-0.3, -0.25) is 13.9 Å². The van der Waals surface area contributed by atoms with Crippen LogP contribution in [0.3, 0.4) is 0 Å². The highest BCUT2D eigenvalue weighted by molar-refractivity contribution is 7.92. The van der Waals surface area contributed by atoms with Crippen LogP contribution in [0.15, 0.2) is 65.1 Å². The van der Waals surface area contributed by atoms with Crippen LogP contribution in [0.1, 0.15) is 72.0 Å². The average Bonchev–Trinajstić information content (AvgIpc) is 3.34. The highest BCUT2D eigenvalue weighted by atomic mass is 32.2. The molecule has 1 unspecified atom stereocenters. The van der Waals surface area contributed by atoms with Gasteiger partial charge in [0, 0.05) is 42.8 Å². The SMILES string of the molecule is CCC(=O)c1c(-c2ccc(C)cc2)oc2cc(N(C)S(C)(=O)=O)c([C@@H]3CCCC(C(=O)Cc4cccc(F)c4)C3)cc12. The molecule has 0 spiro atoms. The molecule has 4 aromatic rings. The minimum Gasteiger partial charge on any atom is -0.455 e. The fourth-order valence-corrected chi connectivity index (χ4v) is 6.56. The molecule has 8 heteroatoms. The van der Waals surface area contributed by atoms with E-state index >= 15 is 0 Å². The number of rotatable bonds is 9. The van der Waals surface area contributed by atoms with Crippen LogP contribution in [0, 0.1) is 18.7 Å². The Morgan fingerprint density at radius 1 is 1.05 bits per heavy atom. The number of aryl methyl sites for hydroxylation is 1. The second-order valence-electron chi connectivity index (χ2n) is 11.4. The van der Waals surface area contributed by atoms with E-state index in [2.05, 4.69) is 0 Å². The zero-order chi connectivity index (χ0) is 30.2. The molecule has 0 amide bonds. The van der Waals surface area contributed by atoms with Crippen LogP contribution >= 0.6 is 0 Å². The predicted molar refractivity (Wildman–Crippen MR) is 164 cm³/mol. The van der Waals surface area contributed by atoms with E-state index in [1.807, 2.05) is 44.2 Å². The second-order valence-corrected chi connectivity index (χ2v) is 13.4. The summed E-state index contributed by atoms with van der Waals surface area (Å²) in [6, 6.07) is 17.5. The van der Waals surface area contributed by atoms with Gasteiger partial charge in [0.2, 0.25) is 10.0 Å². The lowest BCUT2D eigenvalue weighted by Gasteiger charge is -2.31. The van der Waals surface area contributed by atoms with Crippen molar-refractivity contribution >= 4 is 38.2 Å². The standard InChI is InChI=1S/C34H36FNO5S/c1-5-30(37)33-28-19-27(24-9-7-10-25(18-24)31(38)17-22-8-6-11-26(35)16-22)29(36(3)42(4,39)40)20-32(28)41-34(33)23-14-12-21(2)13-15-23/h6,8,11-16,19-20,24-25H,5,7,9-10,17-18H2,1-4H3/t24-,25?/m1/s1. The molecule has 0 bridgehead atoms. The summed E-state index contributed by atoms with van der Waals surface area (Å²) in [5.41, 5.74) is 4.68. The highest BCUT2D eigenvalue weighted by Gasteiger charge is 2.32. The molecule has 0 aliphatic heterocycles. The predicted octanol–water partition coefficient (Wildman–Crippen LogP) is 7.62. The normalized spacial score (nSPS) is 17.4. The maximum absolute atomic E-state index is 13.7. The van der Waals surface area contributed by atoms with E-state index in [0.717, 1.165) is 42.2 Å². The molecule has 3 aromatic carbocycles. The zero-order valence-electron chi connectivity index (χ0n) is 24.4. The Kier molecular flexibility index (Phi) is 8.37. The minimum absolute atomic E-state index is 0.0520. The molecule has 0 N–H and O–H groups in total. The third-order valence-corrected chi connectivity index (χ3v) is 9.62. The number of sulfonamides is 1. The molecule has 1 saturated carbocycles. The topological polar surface area (TPSA) is 84.7 Å². The van der Waals surface area contributed by atoms with Gasteiger partial charge in [-0.2, -0.15) is 0 Å². The van der Waals surface area contributed by atoms with Crippen molar-refractivity contribution in [2.75, 3.05) is 17.6 Å². The minimum atomic E-state index is -3.62. The lowest BCUT2D eigenvalue weighted by molar-refractivity contribution is -0.123. The molecule has 1 aromatic heterocycles. The summed E-state index contributed by atoms with van der Waals surface area (Å²) >= 11 is 0. The number of anilines is 1. The maximum Gasteiger partial charge on any atom is 0.232 e. The number of fused-ring (bicyclic) bond motifs is 1. The summed E-state index contributed by atoms with van der Waals surface area (Å²) in [5.74, 6) is -0.253. The van der Waals surface area contributed by atoms with Crippen molar-refractivity contribution in [2.45, 2.75) is 58.3 Å². The lowest BCUT2D eigenvalue weighted by atomic mass is 9.75. The summed E-state index contributed by atoms with van der Waals surface area (Å²) in [6.07, 6.45) is 4.44. The molecule has 220 valence electrons. The third kappa shape index (κ3) is 6.04. The van der Waals surface area contributed by atoms with Crippen LogP contribution in [-0.4, -0.2) is 33.3 Å². The molecule has 0 saturated heterocycles. The number of Topliss-reactive ketones (excluding diaryl/α,β-unsaturated/α-hetero) is 2. The zero-order valence-corrected chi connectivity index (χ0v) is 25.3. The number of nitrogens with zero attached hydrogens (tertiary/aromatic N) is 1. The van der Waals surface area contributed by atoms with Gasteiger partial charge in [0.05, 0.1) is 17.5 Å². The maximum atomic E-state index is 13.7. The Hall–Kier alpha value is -3.78. The van der Waals surface area contributed by atoms with Crippen molar-refractivity contribution < 1.29 is 26.8 Å². The van der Waals surface area contributed by atoms with Crippen molar-refractivity contribution in [1.29, 1.82) is 0 Å². The fourth-order valence-electron chi connectivity index (χ4n) is 6.05. The first-order valence-electron chi connectivity index (χ1n) is 14.4. The van der Waals surface area contributed by atoms with Crippen molar-refractivity contribution in [3.8, 4) is 11.3 Å². The Balaban J connectivity index is 1.60. The van der Waals surface area contributed by atoms with Crippen molar-refractivity contribution in [2.24, 2.45) is 5.92 Å². The van der Waals surface area contributed by atoms with Gasteiger partial charge in [-0.25, -0.2) is 12.8 Å². The van der Waals surface area contributed by atoms with Gasteiger partial charge in [-0.1, -0.05) is 55.3 Å². The third-order valence-electron chi connectivity index (χ3n) is 8.42. The average molecular weight is 590 g/mol. The van der Waals surface area contributed by atoms with E-state index in [1.54, 1.807) is 18.2 Å². The van der Waals surface area contributed by atoms with Gasteiger partial charge in [0.15, 0.2) is 5.78 Å². The molecular weight excluding hydrogens is 553 g/mol. The number of hydrogen-bond donors (Lipinski definition) is 0. The first kappa shape index (κ1) is 29.7. The molecule has 2 atom stereocenters. The molecule has 1 aliphatic carbocycles. The molecule has 1 fully saturated rings. The van der Waals surface area contributed by atoms with Gasteiger partial charge < -0.3 is 4.42 Å². The van der Waals surface area contributed by atoms with Gasteiger partial charge in [0.1, 0.15) is 22.9 Å². The molecule has 42 heavy (non-hydrogen) atoms. The Morgan fingerprint density at radius 3 is 2.45 bits per heavy atom. The Labute approximate surface area is 246 Å². The van der Waals surface area contributed by atoms with E-state index in [-0.39, 0.29) is 42.1 Å². The van der Waals surface area contributed by atoms with E-state index in [0.29, 0.717) is 40.0 Å². The Bertz CT molecular complexity index is 1760. The van der Waals surface area contributed by atoms with Gasteiger partial charge in [-0.15, -0.1) is 0 Å². The number of carbonyl (C=O) groups is 2. The summed E-state index contributed by atoms with van der Waals surface area (Å²) < 4.78 is 46.8. The van der Waals surface area contributed by atoms with Crippen LogP contribution < -0.4 is 4.31 Å². The molecule has 0 radical (unpaired) electrons. The second kappa shape index (κ2) is 11.8. The van der Waals surface area contributed by atoms with E-state index < -0.39 is 10.0 Å². The van der Waals surface area contributed by atoms with E-state index in [4.69, 9.17) is 4.42 Å². The summed E-state index contributed by atoms with van der Waals surface area (Å²) in [4.78, 5) is 26.6. The first-order valence-corrected chi connectivity index (χ1v) is 16.2. The van der Waals surface area contributed by atoms with Crippen LogP contribution in [0.25, 0.3) is 22.3 Å². The fraction of sp³-hybridized carbons (Fsp3) is 0.353. The van der Waals surface area contributed by atoms with Gasteiger partial charge in [0.25, 0.3) is 0 Å². The van der Waals surface area contributed by atoms with Crippen LogP contribution in [-0.2, 0) is 21.2 Å². The van der Waals surface area contributed by atoms with Crippen molar-refractivity contribution in [3.63, 3.8) is 0 Å². The summed E-state index contributed by atoms with van der Waals surface area (Å²) in [6.45, 7) is 3.79. The number of ketones is 2. The molecule has 1 heterocycles. The molecule has 1 aliphatic rings. The summed E-state index contributed by atoms with van der Waals surface area (Å²) in [7, 11) is -2.11. The molecular formula is C34H36FNO5S. The Morgan fingerprint density at radius 2 is 1.79 bits per heavy atom. The number of hydrogen-bond acceptors (Lipinski definition) is 5. The van der Waals surface area contributed by atoms with E-state index in [9.17, 15) is 22.4 Å². The van der Waals surface area contributed by atoms with Gasteiger partial charge in [-0.05, 0) is 61.4 Å². The molecule has 6 nitrogen and oxygen atoms in total. The molecule has 5 rings (SSSR count). The quantitative estimate of drug-likeness (QED) is 0.188. The van der Waals surface area contributed by atoms with Crippen molar-refractivity contribution in [3.05, 3.63) is 88.7 Å². The first-order chi connectivity index (χ1) is 20.0. The number of carbonyl (C=O) groups excluding carboxylic acids is 2. The monoisotopic (exact) mass is 589 g/mol. The van der Waals surface area contributed by atoms with Gasteiger partial charge >= 0.3 is 0 Å². The van der Waals surface area contributed by atoms with Crippen molar-refractivity contribution in [1.82, 2.24) is 0 Å². The highest BCUT2D eigenvalue weighted by Crippen LogP contribution is 2.45. The van der Waals surface area contributed by atoms with Crippen LogP contribution in [0.2, 0.25) is 0 Å². The largest absolute Gasteiger partial charge is 0.455 e. The van der Waals surface area contributed by atoms with E-state index in [1.165, 1.54) is 23.5 Å². The summed E-state index contributed by atoms with van der Waals surface area (Å²) in [5, 5.41) is 0.645. The van der Waals surface area contributed by atoms with Crippen LogP contribution in [0.5, 0.6) is 0 Å². The lowest BCUT2D eigenvalue weighted by Crippen LogP contribution is -2.28.